The van der Waals surface area contributed by atoms with Gasteiger partial charge in [-0.15, -0.1) is 11.3 Å². The number of nitrogens with zero attached hydrogens (tertiary/aromatic N) is 2. The number of piperidine rings is 1. The summed E-state index contributed by atoms with van der Waals surface area (Å²) in [6.07, 6.45) is 7.36. The molecule has 0 amide bonds. The van der Waals surface area contributed by atoms with Crippen LogP contribution in [0.3, 0.4) is 0 Å². The molecule has 106 valence electrons. The van der Waals surface area contributed by atoms with Crippen molar-refractivity contribution in [2.24, 2.45) is 0 Å². The molecule has 0 radical (unpaired) electrons. The van der Waals surface area contributed by atoms with E-state index >= 15 is 0 Å². The molecule has 0 aromatic carbocycles. The van der Waals surface area contributed by atoms with E-state index < -0.39 is 0 Å². The van der Waals surface area contributed by atoms with Crippen molar-refractivity contribution in [3.63, 3.8) is 0 Å². The highest BCUT2D eigenvalue weighted by Gasteiger charge is 2.18. The quantitative estimate of drug-likeness (QED) is 0.916. The molecule has 2 aromatic rings. The summed E-state index contributed by atoms with van der Waals surface area (Å²) >= 11 is 1.85. The number of nitrogens with one attached hydrogen (secondary N) is 1. The Morgan fingerprint density at radius 2 is 2.00 bits per heavy atom. The molecule has 3 nitrogen and oxygen atoms in total. The highest BCUT2D eigenvalue weighted by atomic mass is 32.1. The first kappa shape index (κ1) is 13.6. The van der Waals surface area contributed by atoms with Crippen molar-refractivity contribution in [2.75, 3.05) is 24.5 Å². The van der Waals surface area contributed by atoms with Gasteiger partial charge in [-0.05, 0) is 42.8 Å². The van der Waals surface area contributed by atoms with E-state index in [1.807, 2.05) is 23.7 Å². The minimum atomic E-state index is 0.674. The maximum Gasteiger partial charge on any atom is 0.0397 e. The summed E-state index contributed by atoms with van der Waals surface area (Å²) in [7, 11) is 0. The van der Waals surface area contributed by atoms with Crippen LogP contribution in [-0.2, 0) is 6.42 Å². The molecule has 1 N–H and O–H groups in total. The van der Waals surface area contributed by atoms with Crippen LogP contribution in [0.1, 0.15) is 17.7 Å². The van der Waals surface area contributed by atoms with E-state index in [2.05, 4.69) is 44.8 Å². The zero-order chi connectivity index (χ0) is 13.6. The summed E-state index contributed by atoms with van der Waals surface area (Å²) in [6, 6.07) is 9.23. The lowest BCUT2D eigenvalue weighted by atomic mass is 10.0. The van der Waals surface area contributed by atoms with Crippen LogP contribution in [0.25, 0.3) is 0 Å². The summed E-state index contributed by atoms with van der Waals surface area (Å²) < 4.78 is 0. The maximum absolute atomic E-state index is 4.08. The maximum atomic E-state index is 4.08. The van der Waals surface area contributed by atoms with Crippen molar-refractivity contribution >= 4 is 17.0 Å². The first-order chi connectivity index (χ1) is 9.92. The first-order valence-corrected chi connectivity index (χ1v) is 8.20. The molecule has 20 heavy (non-hydrogen) atoms. The average Bonchev–Trinajstić information content (AvgIpc) is 3.02. The lowest BCUT2D eigenvalue weighted by Crippen LogP contribution is -2.43. The van der Waals surface area contributed by atoms with Gasteiger partial charge in [-0.3, -0.25) is 4.98 Å². The van der Waals surface area contributed by atoms with E-state index in [0.29, 0.717) is 6.04 Å². The van der Waals surface area contributed by atoms with E-state index in [0.717, 1.165) is 26.1 Å². The van der Waals surface area contributed by atoms with Gasteiger partial charge in [-0.1, -0.05) is 6.07 Å². The molecule has 2 aromatic heterocycles. The lowest BCUT2D eigenvalue weighted by Gasteiger charge is -2.34. The fourth-order valence-electron chi connectivity index (χ4n) is 2.75. The van der Waals surface area contributed by atoms with Crippen molar-refractivity contribution in [3.05, 3.63) is 46.9 Å². The summed E-state index contributed by atoms with van der Waals surface area (Å²) in [5.74, 6) is 0. The molecule has 1 saturated heterocycles. The standard InChI is InChI=1S/C16H21N3S/c1-2-16(20-13-1)5-10-18-14-6-11-19(12-7-14)15-3-8-17-9-4-15/h1-4,8-9,13-14,18H,5-7,10-12H2. The Labute approximate surface area is 124 Å². The molecule has 0 bridgehead atoms. The van der Waals surface area contributed by atoms with Crippen LogP contribution in [-0.4, -0.2) is 30.7 Å². The van der Waals surface area contributed by atoms with E-state index in [1.165, 1.54) is 23.4 Å². The number of thiophene rings is 1. The Balaban J connectivity index is 1.40. The van der Waals surface area contributed by atoms with Gasteiger partial charge < -0.3 is 10.2 Å². The lowest BCUT2D eigenvalue weighted by molar-refractivity contribution is 0.418. The second-order valence-corrected chi connectivity index (χ2v) is 6.28. The molecule has 3 heterocycles. The van der Waals surface area contributed by atoms with Crippen LogP contribution in [0.4, 0.5) is 5.69 Å². The number of pyridine rings is 1. The molecule has 4 heteroatoms. The van der Waals surface area contributed by atoms with Crippen LogP contribution in [0.15, 0.2) is 42.0 Å². The predicted molar refractivity (Wildman–Crippen MR) is 85.5 cm³/mol. The van der Waals surface area contributed by atoms with Crippen LogP contribution in [0, 0.1) is 0 Å². The monoisotopic (exact) mass is 287 g/mol. The third-order valence-electron chi connectivity index (χ3n) is 3.91. The van der Waals surface area contributed by atoms with E-state index in [1.54, 1.807) is 0 Å². The van der Waals surface area contributed by atoms with Crippen LogP contribution in [0.5, 0.6) is 0 Å². The molecule has 1 aliphatic heterocycles. The van der Waals surface area contributed by atoms with E-state index in [9.17, 15) is 0 Å². The fourth-order valence-corrected chi connectivity index (χ4v) is 3.46. The van der Waals surface area contributed by atoms with E-state index in [4.69, 9.17) is 0 Å². The summed E-state index contributed by atoms with van der Waals surface area (Å²) in [6.45, 7) is 3.38. The predicted octanol–water partition coefficient (Wildman–Crippen LogP) is 2.94. The van der Waals surface area contributed by atoms with Gasteiger partial charge in [0.05, 0.1) is 0 Å². The zero-order valence-electron chi connectivity index (χ0n) is 11.7. The molecule has 3 rings (SSSR count). The van der Waals surface area contributed by atoms with Crippen molar-refractivity contribution < 1.29 is 0 Å². The topological polar surface area (TPSA) is 28.2 Å². The largest absolute Gasteiger partial charge is 0.371 e. The van der Waals surface area contributed by atoms with E-state index in [-0.39, 0.29) is 0 Å². The Kier molecular flexibility index (Phi) is 4.66. The highest BCUT2D eigenvalue weighted by Crippen LogP contribution is 2.19. The van der Waals surface area contributed by atoms with Crippen molar-refractivity contribution in [1.82, 2.24) is 10.3 Å². The van der Waals surface area contributed by atoms with Gasteiger partial charge in [0.2, 0.25) is 0 Å². The fraction of sp³-hybridized carbons (Fsp3) is 0.438. The minimum Gasteiger partial charge on any atom is -0.371 e. The molecular formula is C16H21N3S. The normalized spacial score (nSPS) is 16.5. The molecule has 0 saturated carbocycles. The SMILES string of the molecule is c1csc(CCNC2CCN(c3ccncc3)CC2)c1. The van der Waals surface area contributed by atoms with Gasteiger partial charge in [0.25, 0.3) is 0 Å². The Bertz CT molecular complexity index is 490. The van der Waals surface area contributed by atoms with Gasteiger partial charge >= 0.3 is 0 Å². The smallest absolute Gasteiger partial charge is 0.0397 e. The summed E-state index contributed by atoms with van der Waals surface area (Å²) in [5, 5.41) is 5.85. The number of rotatable bonds is 5. The second kappa shape index (κ2) is 6.86. The van der Waals surface area contributed by atoms with Crippen molar-refractivity contribution in [2.45, 2.75) is 25.3 Å². The van der Waals surface area contributed by atoms with Crippen LogP contribution in [0.2, 0.25) is 0 Å². The Morgan fingerprint density at radius 3 is 2.70 bits per heavy atom. The average molecular weight is 287 g/mol. The van der Waals surface area contributed by atoms with Crippen molar-refractivity contribution in [3.8, 4) is 0 Å². The first-order valence-electron chi connectivity index (χ1n) is 7.32. The molecular weight excluding hydrogens is 266 g/mol. The van der Waals surface area contributed by atoms with Gasteiger partial charge in [0.15, 0.2) is 0 Å². The number of aromatic nitrogens is 1. The molecule has 1 aliphatic rings. The van der Waals surface area contributed by atoms with Gasteiger partial charge in [-0.2, -0.15) is 0 Å². The number of hydrogen-bond acceptors (Lipinski definition) is 4. The summed E-state index contributed by atoms with van der Waals surface area (Å²) in [4.78, 5) is 8.02. The molecule has 1 fully saturated rings. The highest BCUT2D eigenvalue weighted by molar-refractivity contribution is 7.09. The molecule has 0 unspecified atom stereocenters. The Morgan fingerprint density at radius 1 is 1.20 bits per heavy atom. The number of hydrogen-bond donors (Lipinski definition) is 1. The van der Waals surface area contributed by atoms with Crippen LogP contribution >= 0.6 is 11.3 Å². The molecule has 0 atom stereocenters. The minimum absolute atomic E-state index is 0.674. The van der Waals surface area contributed by atoms with Crippen LogP contribution < -0.4 is 10.2 Å². The third kappa shape index (κ3) is 3.58. The third-order valence-corrected chi connectivity index (χ3v) is 4.84. The molecule has 0 aliphatic carbocycles. The van der Waals surface area contributed by atoms with Gasteiger partial charge in [-0.25, -0.2) is 0 Å². The Hall–Kier alpha value is -1.39. The van der Waals surface area contributed by atoms with Crippen molar-refractivity contribution in [1.29, 1.82) is 0 Å². The van der Waals surface area contributed by atoms with Gasteiger partial charge in [0.1, 0.15) is 0 Å². The molecule has 0 spiro atoms. The summed E-state index contributed by atoms with van der Waals surface area (Å²) in [5.41, 5.74) is 1.30. The van der Waals surface area contributed by atoms with Gasteiger partial charge in [0, 0.05) is 48.6 Å². The zero-order valence-corrected chi connectivity index (χ0v) is 12.5. The second-order valence-electron chi connectivity index (χ2n) is 5.25. The number of anilines is 1.